The molecular formula is C9H13N3O2S. The van der Waals surface area contributed by atoms with Gasteiger partial charge >= 0.3 is 5.97 Å². The maximum Gasteiger partial charge on any atom is 0.313 e. The van der Waals surface area contributed by atoms with Crippen LogP contribution >= 0.6 is 11.8 Å². The van der Waals surface area contributed by atoms with Gasteiger partial charge in [0, 0.05) is 13.0 Å². The summed E-state index contributed by atoms with van der Waals surface area (Å²) >= 11 is 1.25. The van der Waals surface area contributed by atoms with E-state index in [9.17, 15) is 4.79 Å². The molecule has 0 saturated carbocycles. The predicted molar refractivity (Wildman–Crippen MR) is 55.9 cm³/mol. The normalized spacial score (nSPS) is 15.7. The summed E-state index contributed by atoms with van der Waals surface area (Å²) in [5.41, 5.74) is 0. The number of carboxylic acid groups (broad SMARTS) is 1. The highest BCUT2D eigenvalue weighted by Crippen LogP contribution is 2.21. The Labute approximate surface area is 91.9 Å². The fourth-order valence-electron chi connectivity index (χ4n) is 1.69. The molecule has 0 fully saturated rings. The van der Waals surface area contributed by atoms with Gasteiger partial charge in [-0.15, -0.1) is 10.2 Å². The van der Waals surface area contributed by atoms with E-state index in [1.165, 1.54) is 18.2 Å². The van der Waals surface area contributed by atoms with Gasteiger partial charge in [0.05, 0.1) is 5.75 Å². The molecule has 0 spiro atoms. The molecule has 0 unspecified atom stereocenters. The molecule has 2 heterocycles. The minimum Gasteiger partial charge on any atom is -0.481 e. The topological polar surface area (TPSA) is 68.0 Å². The van der Waals surface area contributed by atoms with Crippen molar-refractivity contribution in [2.24, 2.45) is 0 Å². The zero-order valence-electron chi connectivity index (χ0n) is 8.35. The highest BCUT2D eigenvalue weighted by Gasteiger charge is 2.15. The molecule has 1 N–H and O–H groups in total. The van der Waals surface area contributed by atoms with E-state index in [0.717, 1.165) is 36.8 Å². The summed E-state index contributed by atoms with van der Waals surface area (Å²) < 4.78 is 2.06. The quantitative estimate of drug-likeness (QED) is 0.785. The second kappa shape index (κ2) is 4.65. The zero-order valence-corrected chi connectivity index (χ0v) is 9.16. The van der Waals surface area contributed by atoms with Crippen molar-refractivity contribution in [3.05, 3.63) is 5.82 Å². The number of thioether (sulfide) groups is 1. The van der Waals surface area contributed by atoms with Crippen LogP contribution in [0, 0.1) is 0 Å². The van der Waals surface area contributed by atoms with Gasteiger partial charge in [-0.2, -0.15) is 0 Å². The molecule has 0 aliphatic carbocycles. The molecule has 1 aromatic rings. The number of fused-ring (bicyclic) bond motifs is 1. The molecule has 2 rings (SSSR count). The Kier molecular flexibility index (Phi) is 3.25. The zero-order chi connectivity index (χ0) is 10.7. The molecule has 6 heteroatoms. The van der Waals surface area contributed by atoms with E-state index < -0.39 is 5.97 Å². The third-order valence-corrected chi connectivity index (χ3v) is 3.35. The standard InChI is InChI=1S/C9H13N3O2S/c13-8(14)6-15-9-11-10-7-4-2-1-3-5-12(7)9/h1-6H2,(H,13,14). The van der Waals surface area contributed by atoms with Crippen LogP contribution in [-0.4, -0.2) is 31.6 Å². The minimum atomic E-state index is -0.814. The lowest BCUT2D eigenvalue weighted by molar-refractivity contribution is -0.133. The first kappa shape index (κ1) is 10.5. The van der Waals surface area contributed by atoms with Crippen molar-refractivity contribution in [2.45, 2.75) is 37.4 Å². The van der Waals surface area contributed by atoms with Crippen LogP contribution in [0.5, 0.6) is 0 Å². The van der Waals surface area contributed by atoms with Crippen molar-refractivity contribution < 1.29 is 9.90 Å². The summed E-state index contributed by atoms with van der Waals surface area (Å²) in [7, 11) is 0. The second-order valence-corrected chi connectivity index (χ2v) is 4.49. The van der Waals surface area contributed by atoms with Crippen LogP contribution in [0.1, 0.15) is 25.1 Å². The Morgan fingerprint density at radius 3 is 3.07 bits per heavy atom. The molecule has 0 atom stereocenters. The van der Waals surface area contributed by atoms with Gasteiger partial charge in [0.25, 0.3) is 0 Å². The van der Waals surface area contributed by atoms with Gasteiger partial charge in [0.15, 0.2) is 5.16 Å². The number of carboxylic acids is 1. The number of aromatic nitrogens is 3. The Balaban J connectivity index is 2.11. The largest absolute Gasteiger partial charge is 0.481 e. The lowest BCUT2D eigenvalue weighted by Gasteiger charge is -2.04. The number of aliphatic carboxylic acids is 1. The summed E-state index contributed by atoms with van der Waals surface area (Å²) in [6.07, 6.45) is 4.46. The molecule has 1 aliphatic rings. The van der Waals surface area contributed by atoms with Crippen LogP contribution in [-0.2, 0) is 17.8 Å². The van der Waals surface area contributed by atoms with E-state index in [1.54, 1.807) is 0 Å². The molecule has 1 aliphatic heterocycles. The molecular weight excluding hydrogens is 214 g/mol. The lowest BCUT2D eigenvalue weighted by Crippen LogP contribution is -2.04. The van der Waals surface area contributed by atoms with Crippen molar-refractivity contribution in [3.63, 3.8) is 0 Å². The first-order chi connectivity index (χ1) is 7.27. The minimum absolute atomic E-state index is 0.0537. The summed E-state index contributed by atoms with van der Waals surface area (Å²) in [6, 6.07) is 0. The molecule has 0 radical (unpaired) electrons. The van der Waals surface area contributed by atoms with Gasteiger partial charge < -0.3 is 9.67 Å². The van der Waals surface area contributed by atoms with Crippen molar-refractivity contribution in [3.8, 4) is 0 Å². The Morgan fingerprint density at radius 2 is 2.27 bits per heavy atom. The van der Waals surface area contributed by atoms with Crippen molar-refractivity contribution >= 4 is 17.7 Å². The van der Waals surface area contributed by atoms with Crippen LogP contribution in [0.4, 0.5) is 0 Å². The number of hydrogen-bond acceptors (Lipinski definition) is 4. The van der Waals surface area contributed by atoms with Gasteiger partial charge in [-0.3, -0.25) is 4.79 Å². The monoisotopic (exact) mass is 227 g/mol. The number of carbonyl (C=O) groups is 1. The van der Waals surface area contributed by atoms with Gasteiger partial charge in [-0.1, -0.05) is 18.2 Å². The van der Waals surface area contributed by atoms with Crippen LogP contribution in [0.15, 0.2) is 5.16 Å². The maximum atomic E-state index is 10.5. The van der Waals surface area contributed by atoms with E-state index >= 15 is 0 Å². The van der Waals surface area contributed by atoms with E-state index in [4.69, 9.17) is 5.11 Å². The molecule has 5 nitrogen and oxygen atoms in total. The van der Waals surface area contributed by atoms with E-state index in [0.29, 0.717) is 0 Å². The van der Waals surface area contributed by atoms with Crippen LogP contribution in [0.25, 0.3) is 0 Å². The molecule has 0 saturated heterocycles. The van der Waals surface area contributed by atoms with Crippen LogP contribution < -0.4 is 0 Å². The van der Waals surface area contributed by atoms with Crippen molar-refractivity contribution in [1.29, 1.82) is 0 Å². The SMILES string of the molecule is O=C(O)CSc1nnc2n1CCCCC2. The predicted octanol–water partition coefficient (Wildman–Crippen LogP) is 1.18. The number of aryl methyl sites for hydroxylation is 1. The Bertz CT molecular complexity index is 364. The first-order valence-corrected chi connectivity index (χ1v) is 6.02. The number of hydrogen-bond donors (Lipinski definition) is 1. The van der Waals surface area contributed by atoms with Crippen LogP contribution in [0.3, 0.4) is 0 Å². The average Bonchev–Trinajstić information content (AvgIpc) is 2.44. The van der Waals surface area contributed by atoms with Gasteiger partial charge in [-0.25, -0.2) is 0 Å². The van der Waals surface area contributed by atoms with Crippen molar-refractivity contribution in [1.82, 2.24) is 14.8 Å². The highest BCUT2D eigenvalue weighted by atomic mass is 32.2. The van der Waals surface area contributed by atoms with E-state index in [1.807, 2.05) is 0 Å². The molecule has 82 valence electrons. The summed E-state index contributed by atoms with van der Waals surface area (Å²) in [4.78, 5) is 10.5. The molecule has 1 aromatic heterocycles. The Hall–Kier alpha value is -1.04. The molecule has 15 heavy (non-hydrogen) atoms. The van der Waals surface area contributed by atoms with Crippen LogP contribution in [0.2, 0.25) is 0 Å². The Morgan fingerprint density at radius 1 is 1.40 bits per heavy atom. The van der Waals surface area contributed by atoms with Gasteiger partial charge in [-0.05, 0) is 12.8 Å². The molecule has 0 amide bonds. The fraction of sp³-hybridized carbons (Fsp3) is 0.667. The molecule has 0 aromatic carbocycles. The van der Waals surface area contributed by atoms with Crippen molar-refractivity contribution in [2.75, 3.05) is 5.75 Å². The summed E-state index contributed by atoms with van der Waals surface area (Å²) in [5.74, 6) is 0.240. The average molecular weight is 227 g/mol. The number of nitrogens with zero attached hydrogens (tertiary/aromatic N) is 3. The summed E-state index contributed by atoms with van der Waals surface area (Å²) in [6.45, 7) is 0.921. The maximum absolute atomic E-state index is 10.5. The fourth-order valence-corrected chi connectivity index (χ4v) is 2.40. The highest BCUT2D eigenvalue weighted by molar-refractivity contribution is 7.99. The second-order valence-electron chi connectivity index (χ2n) is 3.54. The molecule has 0 bridgehead atoms. The van der Waals surface area contributed by atoms with E-state index in [-0.39, 0.29) is 5.75 Å². The third kappa shape index (κ3) is 2.50. The smallest absolute Gasteiger partial charge is 0.313 e. The lowest BCUT2D eigenvalue weighted by atomic mass is 10.2. The van der Waals surface area contributed by atoms with E-state index in [2.05, 4.69) is 14.8 Å². The third-order valence-electron chi connectivity index (χ3n) is 2.40. The number of rotatable bonds is 3. The first-order valence-electron chi connectivity index (χ1n) is 5.04. The van der Waals surface area contributed by atoms with Gasteiger partial charge in [0.2, 0.25) is 0 Å². The van der Waals surface area contributed by atoms with Gasteiger partial charge in [0.1, 0.15) is 5.82 Å². The summed E-state index contributed by atoms with van der Waals surface area (Å²) in [5, 5.41) is 17.5.